The number of ether oxygens (including phenoxy) is 1. The van der Waals surface area contributed by atoms with Crippen LogP contribution in [-0.4, -0.2) is 42.9 Å². The number of hydrogen-bond acceptors (Lipinski definition) is 2. The molecule has 1 heterocycles. The number of rotatable bonds is 3. The molecule has 1 aliphatic rings. The summed E-state index contributed by atoms with van der Waals surface area (Å²) >= 11 is 5.40. The van der Waals surface area contributed by atoms with Crippen LogP contribution in [0, 0.1) is 5.41 Å². The van der Waals surface area contributed by atoms with Crippen LogP contribution in [0.15, 0.2) is 0 Å². The summed E-state index contributed by atoms with van der Waals surface area (Å²) in [6.45, 7) is 9.57. The lowest BCUT2D eigenvalue weighted by molar-refractivity contribution is 0.169. The molecule has 0 aromatic carbocycles. The second-order valence-electron chi connectivity index (χ2n) is 5.46. The molecule has 1 atom stereocenters. The van der Waals surface area contributed by atoms with Crippen molar-refractivity contribution in [2.45, 2.75) is 39.7 Å². The van der Waals surface area contributed by atoms with Crippen molar-refractivity contribution in [3.63, 3.8) is 0 Å². The van der Waals surface area contributed by atoms with Gasteiger partial charge in [-0.25, -0.2) is 0 Å². The van der Waals surface area contributed by atoms with E-state index in [0.29, 0.717) is 12.0 Å². The molecule has 0 saturated carbocycles. The Morgan fingerprint density at radius 3 is 2.50 bits per heavy atom. The molecule has 0 aromatic rings. The van der Waals surface area contributed by atoms with Crippen LogP contribution in [0.25, 0.3) is 0 Å². The van der Waals surface area contributed by atoms with Crippen LogP contribution < -0.4 is 5.32 Å². The molecular weight excluding hydrogens is 220 g/mol. The van der Waals surface area contributed by atoms with Crippen molar-refractivity contribution < 1.29 is 4.74 Å². The number of methoxy groups -OCH3 is 1. The van der Waals surface area contributed by atoms with Gasteiger partial charge in [0.25, 0.3) is 0 Å². The van der Waals surface area contributed by atoms with Crippen LogP contribution in [0.5, 0.6) is 0 Å². The number of piperidine rings is 1. The highest BCUT2D eigenvalue weighted by molar-refractivity contribution is 7.80. The fourth-order valence-electron chi connectivity index (χ4n) is 1.91. The minimum absolute atomic E-state index is 0.285. The Kier molecular flexibility index (Phi) is 4.99. The van der Waals surface area contributed by atoms with Gasteiger partial charge in [0, 0.05) is 26.2 Å². The van der Waals surface area contributed by atoms with E-state index in [1.165, 1.54) is 12.8 Å². The molecule has 1 unspecified atom stereocenters. The molecule has 1 aliphatic heterocycles. The molecule has 16 heavy (non-hydrogen) atoms. The van der Waals surface area contributed by atoms with Crippen molar-refractivity contribution in [2.75, 3.05) is 26.8 Å². The first-order chi connectivity index (χ1) is 7.44. The molecular formula is C12H24N2OS. The van der Waals surface area contributed by atoms with E-state index in [2.05, 4.69) is 31.0 Å². The van der Waals surface area contributed by atoms with E-state index in [-0.39, 0.29) is 6.04 Å². The fraction of sp³-hybridized carbons (Fsp3) is 0.917. The lowest BCUT2D eigenvalue weighted by atomic mass is 9.83. The van der Waals surface area contributed by atoms with E-state index >= 15 is 0 Å². The van der Waals surface area contributed by atoms with E-state index in [9.17, 15) is 0 Å². The molecule has 0 amide bonds. The Morgan fingerprint density at radius 2 is 2.00 bits per heavy atom. The Balaban J connectivity index is 2.33. The zero-order chi connectivity index (χ0) is 12.2. The molecule has 94 valence electrons. The average Bonchev–Trinajstić information content (AvgIpc) is 2.17. The maximum Gasteiger partial charge on any atom is 0.169 e. The lowest BCUT2D eigenvalue weighted by Gasteiger charge is -2.38. The van der Waals surface area contributed by atoms with Crippen LogP contribution in [0.1, 0.15) is 33.6 Å². The highest BCUT2D eigenvalue weighted by Crippen LogP contribution is 2.29. The summed E-state index contributed by atoms with van der Waals surface area (Å²) in [6, 6.07) is 0.285. The van der Waals surface area contributed by atoms with E-state index in [1.54, 1.807) is 7.11 Å². The number of likely N-dealkylation sites (tertiary alicyclic amines) is 1. The molecule has 0 bridgehead atoms. The van der Waals surface area contributed by atoms with Crippen molar-refractivity contribution >= 4 is 17.3 Å². The van der Waals surface area contributed by atoms with Crippen LogP contribution in [0.4, 0.5) is 0 Å². The van der Waals surface area contributed by atoms with Gasteiger partial charge in [-0.15, -0.1) is 0 Å². The third kappa shape index (κ3) is 4.26. The third-order valence-corrected chi connectivity index (χ3v) is 3.57. The SMILES string of the molecule is COCC(C)NC(=S)N1CCC(C)(C)CC1. The second-order valence-corrected chi connectivity index (χ2v) is 5.84. The van der Waals surface area contributed by atoms with E-state index < -0.39 is 0 Å². The number of hydrogen-bond donors (Lipinski definition) is 1. The van der Waals surface area contributed by atoms with Gasteiger partial charge >= 0.3 is 0 Å². The zero-order valence-electron chi connectivity index (χ0n) is 10.9. The minimum atomic E-state index is 0.285. The summed E-state index contributed by atoms with van der Waals surface area (Å²) in [5.74, 6) is 0. The molecule has 1 N–H and O–H groups in total. The van der Waals surface area contributed by atoms with Crippen molar-refractivity contribution in [1.29, 1.82) is 0 Å². The highest BCUT2D eigenvalue weighted by Gasteiger charge is 2.26. The zero-order valence-corrected chi connectivity index (χ0v) is 11.7. The number of nitrogens with one attached hydrogen (secondary N) is 1. The summed E-state index contributed by atoms with van der Waals surface area (Å²) in [4.78, 5) is 2.27. The van der Waals surface area contributed by atoms with Crippen LogP contribution in [-0.2, 0) is 4.74 Å². The van der Waals surface area contributed by atoms with Gasteiger partial charge in [-0.1, -0.05) is 13.8 Å². The fourth-order valence-corrected chi connectivity index (χ4v) is 2.29. The minimum Gasteiger partial charge on any atom is -0.383 e. The molecule has 1 saturated heterocycles. The molecule has 3 nitrogen and oxygen atoms in total. The summed E-state index contributed by atoms with van der Waals surface area (Å²) < 4.78 is 5.08. The highest BCUT2D eigenvalue weighted by atomic mass is 32.1. The standard InChI is InChI=1S/C12H24N2OS/c1-10(9-15-4)13-11(16)14-7-5-12(2,3)6-8-14/h10H,5-9H2,1-4H3,(H,13,16). The van der Waals surface area contributed by atoms with E-state index in [4.69, 9.17) is 17.0 Å². The molecule has 0 spiro atoms. The van der Waals surface area contributed by atoms with Gasteiger partial charge < -0.3 is 15.0 Å². The summed E-state index contributed by atoms with van der Waals surface area (Å²) in [7, 11) is 1.71. The van der Waals surface area contributed by atoms with Crippen molar-refractivity contribution in [3.8, 4) is 0 Å². The molecule has 0 aromatic heterocycles. The largest absolute Gasteiger partial charge is 0.383 e. The van der Waals surface area contributed by atoms with Gasteiger partial charge in [-0.3, -0.25) is 0 Å². The van der Waals surface area contributed by atoms with Gasteiger partial charge in [0.05, 0.1) is 6.61 Å². The first kappa shape index (κ1) is 13.7. The average molecular weight is 244 g/mol. The number of thiocarbonyl (C=S) groups is 1. The Labute approximate surface area is 105 Å². The predicted octanol–water partition coefficient (Wildman–Crippen LogP) is 2.02. The van der Waals surface area contributed by atoms with Crippen molar-refractivity contribution in [1.82, 2.24) is 10.2 Å². The first-order valence-corrected chi connectivity index (χ1v) is 6.40. The van der Waals surface area contributed by atoms with Crippen molar-refractivity contribution in [3.05, 3.63) is 0 Å². The molecule has 4 heteroatoms. The van der Waals surface area contributed by atoms with Crippen LogP contribution >= 0.6 is 12.2 Å². The first-order valence-electron chi connectivity index (χ1n) is 5.99. The van der Waals surface area contributed by atoms with Crippen LogP contribution in [0.3, 0.4) is 0 Å². The maximum atomic E-state index is 5.40. The third-order valence-electron chi connectivity index (χ3n) is 3.19. The monoisotopic (exact) mass is 244 g/mol. The van der Waals surface area contributed by atoms with Crippen molar-refractivity contribution in [2.24, 2.45) is 5.41 Å². The Bertz CT molecular complexity index is 233. The smallest absolute Gasteiger partial charge is 0.169 e. The lowest BCUT2D eigenvalue weighted by Crippen LogP contribution is -2.49. The summed E-state index contributed by atoms with van der Waals surface area (Å²) in [5.41, 5.74) is 0.476. The molecule has 1 fully saturated rings. The van der Waals surface area contributed by atoms with Gasteiger partial charge in [-0.2, -0.15) is 0 Å². The topological polar surface area (TPSA) is 24.5 Å². The second kappa shape index (κ2) is 5.82. The summed E-state index contributed by atoms with van der Waals surface area (Å²) in [6.07, 6.45) is 2.43. The molecule has 0 aliphatic carbocycles. The quantitative estimate of drug-likeness (QED) is 0.768. The van der Waals surface area contributed by atoms with Gasteiger partial charge in [0.15, 0.2) is 5.11 Å². The Hall–Kier alpha value is -0.350. The number of nitrogens with zero attached hydrogens (tertiary/aromatic N) is 1. The van der Waals surface area contributed by atoms with Crippen LogP contribution in [0.2, 0.25) is 0 Å². The van der Waals surface area contributed by atoms with E-state index in [0.717, 1.165) is 18.2 Å². The maximum absolute atomic E-state index is 5.40. The normalized spacial score (nSPS) is 21.6. The van der Waals surface area contributed by atoms with Gasteiger partial charge in [0.1, 0.15) is 0 Å². The Morgan fingerprint density at radius 1 is 1.44 bits per heavy atom. The summed E-state index contributed by atoms with van der Waals surface area (Å²) in [5, 5.41) is 4.19. The van der Waals surface area contributed by atoms with Gasteiger partial charge in [-0.05, 0) is 37.4 Å². The van der Waals surface area contributed by atoms with Gasteiger partial charge in [0.2, 0.25) is 0 Å². The van der Waals surface area contributed by atoms with E-state index in [1.807, 2.05) is 0 Å². The molecule has 0 radical (unpaired) electrons. The predicted molar refractivity (Wildman–Crippen MR) is 71.7 cm³/mol. The molecule has 1 rings (SSSR count).